The molecule has 0 aliphatic heterocycles. The summed E-state index contributed by atoms with van der Waals surface area (Å²) >= 11 is 0. The number of rotatable bonds is 4. The molecule has 0 heteroatoms. The summed E-state index contributed by atoms with van der Waals surface area (Å²) in [6.07, 6.45) is 0. The third kappa shape index (κ3) is 15.4. The Kier molecular flexibility index (Phi) is 23.2. The summed E-state index contributed by atoms with van der Waals surface area (Å²) in [5.74, 6) is 0. The Morgan fingerprint density at radius 1 is 0.142 bits per heavy atom. The highest BCUT2D eigenvalue weighted by atomic mass is 14.5. The molecule has 0 unspecified atom stereocenters. The van der Waals surface area contributed by atoms with Crippen LogP contribution in [0.15, 0.2) is 406 Å². The minimum atomic E-state index is -0.262. The van der Waals surface area contributed by atoms with E-state index >= 15 is 0 Å². The Hall–Kier alpha value is -14.0. The minimum absolute atomic E-state index is 0.0709. The van der Waals surface area contributed by atoms with E-state index in [1.165, 1.54) is 228 Å². The van der Waals surface area contributed by atoms with Gasteiger partial charge in [0.25, 0.3) is 0 Å². The van der Waals surface area contributed by atoms with E-state index in [1.54, 1.807) is 0 Å². The van der Waals surface area contributed by atoms with Gasteiger partial charge in [0.15, 0.2) is 0 Å². The molecule has 18 aromatic carbocycles. The first-order valence-electron chi connectivity index (χ1n) is 48.2. The molecule has 0 radical (unpaired) electrons. The number of aryl methyl sites for hydroxylation is 7. The first-order chi connectivity index (χ1) is 64.4. The van der Waals surface area contributed by atoms with Gasteiger partial charge in [0, 0.05) is 32.5 Å². The predicted octanol–water partition coefficient (Wildman–Crippen LogP) is 35.5. The van der Waals surface area contributed by atoms with E-state index in [-0.39, 0.29) is 37.9 Å². The predicted molar refractivity (Wildman–Crippen MR) is 572 cm³/mol. The quantitative estimate of drug-likeness (QED) is 0.165. The highest BCUT2D eigenvalue weighted by Gasteiger charge is 2.47. The van der Waals surface area contributed by atoms with Gasteiger partial charge in [-0.1, -0.05) is 505 Å². The van der Waals surface area contributed by atoms with Gasteiger partial charge >= 0.3 is 0 Å². The van der Waals surface area contributed by atoms with Crippen LogP contribution in [0.1, 0.15) is 211 Å². The average molecular weight is 1730 g/mol. The van der Waals surface area contributed by atoms with E-state index in [4.69, 9.17) is 0 Å². The topological polar surface area (TPSA) is 0 Å². The molecular weight excluding hydrogens is 1610 g/mol. The van der Waals surface area contributed by atoms with Crippen LogP contribution in [0.25, 0.3) is 100 Å². The van der Waals surface area contributed by atoms with Crippen molar-refractivity contribution in [2.75, 3.05) is 0 Å². The summed E-state index contributed by atoms with van der Waals surface area (Å²) in [4.78, 5) is 0. The fourth-order valence-corrected chi connectivity index (χ4v) is 23.6. The minimum Gasteiger partial charge on any atom is -0.0622 e. The van der Waals surface area contributed by atoms with Gasteiger partial charge in [0.2, 0.25) is 0 Å². The van der Waals surface area contributed by atoms with Crippen LogP contribution in [0.5, 0.6) is 0 Å². The summed E-state index contributed by atoms with van der Waals surface area (Å²) in [7, 11) is 0. The zero-order valence-corrected chi connectivity index (χ0v) is 81.7. The summed E-state index contributed by atoms with van der Waals surface area (Å²) in [6.45, 7) is 43.1. The van der Waals surface area contributed by atoms with Crippen LogP contribution < -0.4 is 0 Å². The maximum Gasteiger partial charge on any atom is 0.0713 e. The zero-order chi connectivity index (χ0) is 93.5. The second-order valence-electron chi connectivity index (χ2n) is 41.4. The Labute approximate surface area is 798 Å². The van der Waals surface area contributed by atoms with Gasteiger partial charge in [-0.25, -0.2) is 0 Å². The molecule has 7 aliphatic carbocycles. The van der Waals surface area contributed by atoms with Gasteiger partial charge in [0.05, 0.1) is 5.41 Å². The van der Waals surface area contributed by atoms with Crippen molar-refractivity contribution in [3.05, 3.63) is 534 Å². The molecule has 0 fully saturated rings. The van der Waals surface area contributed by atoms with Crippen LogP contribution in [0.3, 0.4) is 0 Å². The molecule has 0 saturated carbocycles. The smallest absolute Gasteiger partial charge is 0.0622 e. The molecule has 134 heavy (non-hydrogen) atoms. The van der Waals surface area contributed by atoms with Crippen LogP contribution in [0, 0.1) is 48.5 Å². The summed E-state index contributed by atoms with van der Waals surface area (Å²) < 4.78 is 0. The van der Waals surface area contributed by atoms with E-state index < -0.39 is 0 Å². The highest BCUT2D eigenvalue weighted by molar-refractivity contribution is 5.91. The molecule has 0 atom stereocenters. The molecule has 0 nitrogen and oxygen atoms in total. The van der Waals surface area contributed by atoms with E-state index in [2.05, 4.69) is 538 Å². The van der Waals surface area contributed by atoms with Crippen LogP contribution in [-0.4, -0.2) is 0 Å². The molecule has 0 saturated heterocycles. The normalized spacial score (nSPS) is 14.9. The van der Waals surface area contributed by atoms with Crippen LogP contribution >= 0.6 is 0 Å². The lowest BCUT2D eigenvalue weighted by molar-refractivity contribution is 0.655. The summed E-state index contributed by atoms with van der Waals surface area (Å²) in [5, 5.41) is 0. The van der Waals surface area contributed by atoms with Crippen LogP contribution in [0.4, 0.5) is 0 Å². The number of benzene rings is 18. The summed E-state index contributed by atoms with van der Waals surface area (Å²) in [5.41, 5.74) is 57.5. The average Bonchev–Trinajstić information content (AvgIpc) is 1.53. The lowest BCUT2D eigenvalue weighted by Crippen LogP contribution is -2.28. The van der Waals surface area contributed by atoms with Gasteiger partial charge in [0.1, 0.15) is 0 Å². The van der Waals surface area contributed by atoms with Crippen molar-refractivity contribution in [2.45, 2.75) is 169 Å². The molecular formula is C134H124. The first kappa shape index (κ1) is 89.2. The Morgan fingerprint density at radius 2 is 0.403 bits per heavy atom. The second kappa shape index (κ2) is 34.8. The Bertz CT molecular complexity index is 7460. The molecule has 0 heterocycles. The van der Waals surface area contributed by atoms with Crippen molar-refractivity contribution in [3.63, 3.8) is 0 Å². The van der Waals surface area contributed by atoms with Crippen LogP contribution in [-0.2, 0) is 37.9 Å². The maximum absolute atomic E-state index is 2.38. The van der Waals surface area contributed by atoms with Gasteiger partial charge in [-0.05, 0) is 261 Å². The molecule has 0 aromatic heterocycles. The van der Waals surface area contributed by atoms with Gasteiger partial charge < -0.3 is 0 Å². The van der Waals surface area contributed by atoms with E-state index in [1.807, 2.05) is 0 Å². The Morgan fingerprint density at radius 3 is 0.881 bits per heavy atom. The van der Waals surface area contributed by atoms with Crippen molar-refractivity contribution < 1.29 is 0 Å². The fourth-order valence-electron chi connectivity index (χ4n) is 23.6. The number of hydrogen-bond donors (Lipinski definition) is 0. The third-order valence-electron chi connectivity index (χ3n) is 30.6. The molecule has 660 valence electrons. The maximum atomic E-state index is 2.38. The van der Waals surface area contributed by atoms with Crippen LogP contribution in [0.2, 0.25) is 0 Å². The molecule has 0 bridgehead atoms. The largest absolute Gasteiger partial charge is 0.0713 e. The summed E-state index contributed by atoms with van der Waals surface area (Å²) in [6, 6.07) is 148. The third-order valence-corrected chi connectivity index (χ3v) is 30.6. The number of hydrogen-bond acceptors (Lipinski definition) is 0. The monoisotopic (exact) mass is 1730 g/mol. The molecule has 18 aromatic rings. The first-order valence-corrected chi connectivity index (χ1v) is 48.2. The van der Waals surface area contributed by atoms with Gasteiger partial charge in [-0.3, -0.25) is 0 Å². The van der Waals surface area contributed by atoms with Crippen molar-refractivity contribution in [1.29, 1.82) is 0 Å². The highest BCUT2D eigenvalue weighted by Crippen LogP contribution is 2.59. The zero-order valence-electron chi connectivity index (χ0n) is 81.7. The van der Waals surface area contributed by atoms with Gasteiger partial charge in [-0.2, -0.15) is 0 Å². The van der Waals surface area contributed by atoms with Crippen molar-refractivity contribution >= 4 is 0 Å². The molecule has 25 rings (SSSR count). The molecule has 0 N–H and O–H groups in total. The lowest BCUT2D eigenvalue weighted by atomic mass is 9.68. The lowest BCUT2D eigenvalue weighted by Gasteiger charge is -2.33. The van der Waals surface area contributed by atoms with Crippen molar-refractivity contribution in [3.8, 4) is 100 Å². The van der Waals surface area contributed by atoms with Crippen molar-refractivity contribution in [1.82, 2.24) is 0 Å². The van der Waals surface area contributed by atoms with E-state index in [0.717, 1.165) is 0 Å². The van der Waals surface area contributed by atoms with E-state index in [0.29, 0.717) is 0 Å². The Balaban J connectivity index is 0.000000101. The fraction of sp³-hybridized carbons (Fsp3) is 0.194. The van der Waals surface area contributed by atoms with Crippen molar-refractivity contribution in [2.24, 2.45) is 0 Å². The molecule has 0 amide bonds. The SMILES string of the molecule is Cc1ccc(-c2ccc3c(c2)C(C)(C)c2ccccc2-3)cc1.Cc1ccc2c(c1)-c1ccccc1C2(C)C.Cc1ccc2c(c1)-c1ccccc1C2(c1ccccc1)c1ccccc1.Cc1ccc2c(c1)C(C)(C)c1cc(-c3ccccc3)ccc1-2.Cc1ccc2c(c1)C(C)(C)c1ccccc1-2.Cc1cccc2c1-c1ccccc1C2(C)C.Cc1cccc2c1C(C)(C)c1ccccc1-2. The number of fused-ring (bicyclic) bond motifs is 21. The standard InChI is InChI=1S/C26H20.2C22H20.4C16H16/c1-19-16-17-25-23(18-19)22-14-8-9-15-24(22)26(25,20-10-4-2-5-11-20)21-12-6-3-7-13-21;1-15-8-10-16(11-9-15)17-12-13-19-18-6-4-5-7-20(18)22(2,3)21(19)14-17;1-15-9-11-18-19-12-10-17(16-7-5-4-6-8-16)14-21(19)22(2,3)20(18)13-15;1-11-7-6-9-13-12-8-4-5-10-14(12)16(2,3)15(11)13;1-11-7-6-10-14-15(11)12-8-4-5-9-13(12)16(14,2)3;1-11-8-9-15-13(10-11)12-6-4-5-7-14(12)16(15,2)3;1-11-8-9-13-12-6-4-5-7-14(12)16(2,3)15(13)10-11/h2-18H,1H3;2*4-14H,1-3H3;4*4-10H,1-3H3. The molecule has 7 aliphatic rings. The van der Waals surface area contributed by atoms with Gasteiger partial charge in [-0.15, -0.1) is 0 Å². The van der Waals surface area contributed by atoms with E-state index in [9.17, 15) is 0 Å². The molecule has 0 spiro atoms. The second-order valence-corrected chi connectivity index (χ2v) is 41.4.